The number of nitrogens with one attached hydrogen (secondary N) is 1. The molecule has 0 unspecified atom stereocenters. The molecule has 0 aliphatic heterocycles. The summed E-state index contributed by atoms with van der Waals surface area (Å²) in [7, 11) is 0. The summed E-state index contributed by atoms with van der Waals surface area (Å²) < 4.78 is 1.04. The zero-order chi connectivity index (χ0) is 12.3. The number of hydrogen-bond donors (Lipinski definition) is 2. The molecule has 0 radical (unpaired) electrons. The van der Waals surface area contributed by atoms with E-state index in [0.717, 1.165) is 15.8 Å². The van der Waals surface area contributed by atoms with Crippen molar-refractivity contribution in [2.45, 2.75) is 0 Å². The van der Waals surface area contributed by atoms with Crippen molar-refractivity contribution in [3.05, 3.63) is 52.8 Å². The minimum absolute atomic E-state index is 0.296. The molecule has 0 aliphatic rings. The highest BCUT2D eigenvalue weighted by molar-refractivity contribution is 9.10. The van der Waals surface area contributed by atoms with Gasteiger partial charge in [-0.3, -0.25) is 4.98 Å². The Morgan fingerprint density at radius 3 is 2.53 bits per heavy atom. The Bertz CT molecular complexity index is 540. The highest BCUT2D eigenvalue weighted by atomic mass is 79.9. The number of rotatable bonds is 3. The minimum atomic E-state index is 0.296. The van der Waals surface area contributed by atoms with Crippen molar-refractivity contribution in [2.24, 2.45) is 5.73 Å². The maximum absolute atomic E-state index is 5.53. The van der Waals surface area contributed by atoms with Gasteiger partial charge in [-0.05, 0) is 36.4 Å². The molecule has 3 nitrogen and oxygen atoms in total. The Labute approximate surface area is 113 Å². The van der Waals surface area contributed by atoms with Crippen molar-refractivity contribution in [1.82, 2.24) is 4.98 Å². The molecule has 0 fully saturated rings. The molecule has 0 amide bonds. The largest absolute Gasteiger partial charge is 0.388 e. The number of thiocarbonyl (C=S) groups is 1. The van der Waals surface area contributed by atoms with Gasteiger partial charge in [0, 0.05) is 22.0 Å². The fraction of sp³-hybridized carbons (Fsp3) is 0. The lowest BCUT2D eigenvalue weighted by Gasteiger charge is -2.07. The maximum atomic E-state index is 5.53. The van der Waals surface area contributed by atoms with Crippen LogP contribution in [0.5, 0.6) is 0 Å². The molecule has 2 rings (SSSR count). The first-order valence-corrected chi connectivity index (χ1v) is 6.14. The van der Waals surface area contributed by atoms with Crippen LogP contribution in [0.25, 0.3) is 0 Å². The standard InChI is InChI=1S/C12H10BrN3S/c13-8-1-3-9(4-2-8)16-10-5-6-15-11(7-10)12(14)17/h1-7H,(H2,14,17)(H,15,16). The molecule has 0 saturated carbocycles. The second kappa shape index (κ2) is 5.25. The van der Waals surface area contributed by atoms with E-state index < -0.39 is 0 Å². The van der Waals surface area contributed by atoms with Crippen LogP contribution < -0.4 is 11.1 Å². The molecule has 17 heavy (non-hydrogen) atoms. The lowest BCUT2D eigenvalue weighted by molar-refractivity contribution is 1.29. The number of anilines is 2. The van der Waals surface area contributed by atoms with E-state index >= 15 is 0 Å². The Morgan fingerprint density at radius 1 is 1.18 bits per heavy atom. The van der Waals surface area contributed by atoms with E-state index in [4.69, 9.17) is 18.0 Å². The summed E-state index contributed by atoms with van der Waals surface area (Å²) in [4.78, 5) is 4.38. The SMILES string of the molecule is NC(=S)c1cc(Nc2ccc(Br)cc2)ccn1. The molecule has 0 spiro atoms. The molecule has 5 heteroatoms. The van der Waals surface area contributed by atoms with Crippen LogP contribution in [0.3, 0.4) is 0 Å². The monoisotopic (exact) mass is 307 g/mol. The van der Waals surface area contributed by atoms with Crippen LogP contribution >= 0.6 is 28.1 Å². The predicted molar refractivity (Wildman–Crippen MR) is 77.5 cm³/mol. The molecule has 0 atom stereocenters. The van der Waals surface area contributed by atoms with Gasteiger partial charge < -0.3 is 11.1 Å². The first kappa shape index (κ1) is 12.0. The average molecular weight is 308 g/mol. The zero-order valence-electron chi connectivity index (χ0n) is 8.85. The average Bonchev–Trinajstić information content (AvgIpc) is 2.32. The molecule has 86 valence electrons. The third kappa shape index (κ3) is 3.25. The van der Waals surface area contributed by atoms with E-state index in [9.17, 15) is 0 Å². The van der Waals surface area contributed by atoms with Crippen LogP contribution in [0, 0.1) is 0 Å². The summed E-state index contributed by atoms with van der Waals surface area (Å²) in [5, 5.41) is 3.25. The summed E-state index contributed by atoms with van der Waals surface area (Å²) in [6.45, 7) is 0. The van der Waals surface area contributed by atoms with E-state index in [1.165, 1.54) is 0 Å². The van der Waals surface area contributed by atoms with E-state index in [2.05, 4.69) is 26.2 Å². The lowest BCUT2D eigenvalue weighted by atomic mass is 10.2. The van der Waals surface area contributed by atoms with Crippen LogP contribution in [-0.2, 0) is 0 Å². The lowest BCUT2D eigenvalue weighted by Crippen LogP contribution is -2.11. The van der Waals surface area contributed by atoms with Crippen molar-refractivity contribution in [1.29, 1.82) is 0 Å². The van der Waals surface area contributed by atoms with E-state index in [1.54, 1.807) is 6.20 Å². The van der Waals surface area contributed by atoms with Crippen LogP contribution in [0.1, 0.15) is 5.69 Å². The number of hydrogen-bond acceptors (Lipinski definition) is 3. The Morgan fingerprint density at radius 2 is 1.88 bits per heavy atom. The number of pyridine rings is 1. The maximum Gasteiger partial charge on any atom is 0.122 e. The smallest absolute Gasteiger partial charge is 0.122 e. The molecule has 0 bridgehead atoms. The highest BCUT2D eigenvalue weighted by Crippen LogP contribution is 2.19. The predicted octanol–water partition coefficient (Wildman–Crippen LogP) is 3.22. The van der Waals surface area contributed by atoms with Crippen LogP contribution in [-0.4, -0.2) is 9.97 Å². The molecule has 0 saturated heterocycles. The van der Waals surface area contributed by atoms with Gasteiger partial charge in [-0.2, -0.15) is 0 Å². The van der Waals surface area contributed by atoms with Crippen molar-refractivity contribution in [2.75, 3.05) is 5.32 Å². The topological polar surface area (TPSA) is 50.9 Å². The van der Waals surface area contributed by atoms with E-state index in [1.807, 2.05) is 36.4 Å². The summed E-state index contributed by atoms with van der Waals surface area (Å²) >= 11 is 8.27. The highest BCUT2D eigenvalue weighted by Gasteiger charge is 2.00. The third-order valence-corrected chi connectivity index (χ3v) is 2.88. The van der Waals surface area contributed by atoms with Crippen LogP contribution in [0.15, 0.2) is 47.1 Å². The van der Waals surface area contributed by atoms with Gasteiger partial charge in [-0.1, -0.05) is 28.1 Å². The molecule has 2 aromatic rings. The summed E-state index contributed by atoms with van der Waals surface area (Å²) in [6, 6.07) is 11.6. The van der Waals surface area contributed by atoms with E-state index in [0.29, 0.717) is 10.7 Å². The Hall–Kier alpha value is -1.46. The number of benzene rings is 1. The van der Waals surface area contributed by atoms with Crippen molar-refractivity contribution < 1.29 is 0 Å². The van der Waals surface area contributed by atoms with Gasteiger partial charge in [0.2, 0.25) is 0 Å². The molecular weight excluding hydrogens is 298 g/mol. The number of nitrogens with zero attached hydrogens (tertiary/aromatic N) is 1. The summed E-state index contributed by atoms with van der Waals surface area (Å²) in [5.41, 5.74) is 8.05. The second-order valence-electron chi connectivity index (χ2n) is 3.43. The quantitative estimate of drug-likeness (QED) is 0.855. The number of halogens is 1. The van der Waals surface area contributed by atoms with Gasteiger partial charge >= 0.3 is 0 Å². The second-order valence-corrected chi connectivity index (χ2v) is 4.78. The number of aromatic nitrogens is 1. The summed E-state index contributed by atoms with van der Waals surface area (Å²) in [6.07, 6.45) is 1.68. The van der Waals surface area contributed by atoms with Gasteiger partial charge in [-0.25, -0.2) is 0 Å². The zero-order valence-corrected chi connectivity index (χ0v) is 11.3. The normalized spacial score (nSPS) is 9.94. The van der Waals surface area contributed by atoms with Gasteiger partial charge in [0.25, 0.3) is 0 Å². The molecule has 1 aromatic carbocycles. The van der Waals surface area contributed by atoms with Gasteiger partial charge in [0.1, 0.15) is 4.99 Å². The number of nitrogens with two attached hydrogens (primary N) is 1. The molecule has 3 N–H and O–H groups in total. The van der Waals surface area contributed by atoms with Crippen molar-refractivity contribution in [3.63, 3.8) is 0 Å². The first-order chi connectivity index (χ1) is 8.15. The molecule has 1 heterocycles. The first-order valence-electron chi connectivity index (χ1n) is 4.93. The fourth-order valence-electron chi connectivity index (χ4n) is 1.34. The van der Waals surface area contributed by atoms with Gasteiger partial charge in [0.05, 0.1) is 5.69 Å². The Balaban J connectivity index is 2.21. The van der Waals surface area contributed by atoms with Crippen molar-refractivity contribution >= 4 is 44.5 Å². The molecular formula is C12H10BrN3S. The third-order valence-electron chi connectivity index (χ3n) is 2.15. The van der Waals surface area contributed by atoms with E-state index in [-0.39, 0.29) is 0 Å². The van der Waals surface area contributed by atoms with Crippen LogP contribution in [0.4, 0.5) is 11.4 Å². The Kier molecular flexibility index (Phi) is 3.71. The minimum Gasteiger partial charge on any atom is -0.388 e. The summed E-state index contributed by atoms with van der Waals surface area (Å²) in [5.74, 6) is 0. The molecule has 0 aliphatic carbocycles. The molecule has 1 aromatic heterocycles. The van der Waals surface area contributed by atoms with Crippen LogP contribution in [0.2, 0.25) is 0 Å². The van der Waals surface area contributed by atoms with Gasteiger partial charge in [-0.15, -0.1) is 0 Å². The fourth-order valence-corrected chi connectivity index (χ4v) is 1.72. The van der Waals surface area contributed by atoms with Crippen molar-refractivity contribution in [3.8, 4) is 0 Å². The van der Waals surface area contributed by atoms with Gasteiger partial charge in [0.15, 0.2) is 0 Å².